The molecule has 1 heterocycles. The first-order valence-corrected chi connectivity index (χ1v) is 6.18. The molecule has 0 bridgehead atoms. The van der Waals surface area contributed by atoms with E-state index in [0.29, 0.717) is 0 Å². The third-order valence-electron chi connectivity index (χ3n) is 3.28. The van der Waals surface area contributed by atoms with Crippen LogP contribution in [0.1, 0.15) is 23.6 Å². The van der Waals surface area contributed by atoms with E-state index in [9.17, 15) is 0 Å². The van der Waals surface area contributed by atoms with Gasteiger partial charge in [0.25, 0.3) is 0 Å². The van der Waals surface area contributed by atoms with Crippen molar-refractivity contribution in [2.75, 3.05) is 0 Å². The van der Waals surface area contributed by atoms with Gasteiger partial charge in [0.15, 0.2) is 6.20 Å². The van der Waals surface area contributed by atoms with E-state index in [1.807, 2.05) is 0 Å². The highest BCUT2D eigenvalue weighted by Gasteiger charge is 2.12. The van der Waals surface area contributed by atoms with Gasteiger partial charge >= 0.3 is 0 Å². The predicted molar refractivity (Wildman–Crippen MR) is 71.9 cm³/mol. The minimum Gasteiger partial charge on any atom is -0.201 e. The Morgan fingerprint density at radius 1 is 1.06 bits per heavy atom. The summed E-state index contributed by atoms with van der Waals surface area (Å²) in [5.41, 5.74) is 6.67. The van der Waals surface area contributed by atoms with Crippen LogP contribution in [0.15, 0.2) is 36.5 Å². The Bertz CT molecular complexity index is 541. The molecule has 2 rings (SSSR count). The van der Waals surface area contributed by atoms with Gasteiger partial charge in [0.2, 0.25) is 5.69 Å². The summed E-state index contributed by atoms with van der Waals surface area (Å²) < 4.78 is 2.18. The highest BCUT2D eigenvalue weighted by Crippen LogP contribution is 2.22. The van der Waals surface area contributed by atoms with Crippen molar-refractivity contribution in [3.8, 4) is 11.3 Å². The van der Waals surface area contributed by atoms with Crippen LogP contribution >= 0.6 is 0 Å². The maximum absolute atomic E-state index is 2.29. The van der Waals surface area contributed by atoms with Crippen molar-refractivity contribution < 1.29 is 4.57 Å². The molecule has 1 heteroatoms. The normalized spacial score (nSPS) is 10.6. The van der Waals surface area contributed by atoms with Crippen LogP contribution in [0.3, 0.4) is 0 Å². The van der Waals surface area contributed by atoms with Gasteiger partial charge < -0.3 is 0 Å². The van der Waals surface area contributed by atoms with Crippen LogP contribution in [0.2, 0.25) is 0 Å². The fourth-order valence-electron chi connectivity index (χ4n) is 2.18. The lowest BCUT2D eigenvalue weighted by Gasteiger charge is -2.07. The van der Waals surface area contributed by atoms with Gasteiger partial charge in [-0.05, 0) is 43.0 Å². The number of aryl methyl sites for hydroxylation is 4. The molecule has 17 heavy (non-hydrogen) atoms. The average Bonchev–Trinajstić information content (AvgIpc) is 2.32. The molecule has 0 atom stereocenters. The lowest BCUT2D eigenvalue weighted by molar-refractivity contribution is -0.660. The lowest BCUT2D eigenvalue weighted by Crippen LogP contribution is -2.30. The molecule has 0 radical (unpaired) electrons. The van der Waals surface area contributed by atoms with Gasteiger partial charge in [-0.15, -0.1) is 0 Å². The molecule has 0 aliphatic carbocycles. The van der Waals surface area contributed by atoms with E-state index in [1.54, 1.807) is 0 Å². The Morgan fingerprint density at radius 2 is 1.82 bits per heavy atom. The van der Waals surface area contributed by atoms with Crippen molar-refractivity contribution in [2.45, 2.75) is 27.2 Å². The number of pyridine rings is 1. The molecule has 0 amide bonds. The zero-order valence-electron chi connectivity index (χ0n) is 11.1. The fourth-order valence-corrected chi connectivity index (χ4v) is 2.18. The van der Waals surface area contributed by atoms with Crippen LogP contribution in [-0.2, 0) is 13.5 Å². The van der Waals surface area contributed by atoms with Gasteiger partial charge in [-0.3, -0.25) is 0 Å². The molecule has 88 valence electrons. The smallest absolute Gasteiger partial charge is 0.201 e. The summed E-state index contributed by atoms with van der Waals surface area (Å²) in [6.45, 7) is 6.52. The lowest BCUT2D eigenvalue weighted by atomic mass is 10.00. The van der Waals surface area contributed by atoms with Crippen molar-refractivity contribution in [1.82, 2.24) is 0 Å². The molecule has 0 spiro atoms. The summed E-state index contributed by atoms with van der Waals surface area (Å²) in [6.07, 6.45) is 3.22. The molecular weight excluding hydrogens is 206 g/mol. The molecule has 0 unspecified atom stereocenters. The third-order valence-corrected chi connectivity index (χ3v) is 3.28. The minimum absolute atomic E-state index is 1.10. The van der Waals surface area contributed by atoms with E-state index in [0.717, 1.165) is 6.42 Å². The molecule has 2 aromatic rings. The number of benzene rings is 1. The Kier molecular flexibility index (Phi) is 3.28. The van der Waals surface area contributed by atoms with Crippen LogP contribution in [0, 0.1) is 13.8 Å². The summed E-state index contributed by atoms with van der Waals surface area (Å²) in [6, 6.07) is 11.1. The third kappa shape index (κ3) is 2.38. The topological polar surface area (TPSA) is 3.88 Å². The number of aromatic nitrogens is 1. The van der Waals surface area contributed by atoms with E-state index in [2.05, 4.69) is 68.9 Å². The molecule has 0 saturated heterocycles. The van der Waals surface area contributed by atoms with E-state index >= 15 is 0 Å². The van der Waals surface area contributed by atoms with Crippen LogP contribution in [-0.4, -0.2) is 0 Å². The molecule has 0 saturated carbocycles. The quantitative estimate of drug-likeness (QED) is 0.691. The van der Waals surface area contributed by atoms with Crippen LogP contribution in [0.4, 0.5) is 0 Å². The summed E-state index contributed by atoms with van der Waals surface area (Å²) >= 11 is 0. The first-order valence-electron chi connectivity index (χ1n) is 6.18. The molecule has 0 fully saturated rings. The van der Waals surface area contributed by atoms with Crippen molar-refractivity contribution in [3.63, 3.8) is 0 Å². The molecule has 0 aliphatic rings. The zero-order chi connectivity index (χ0) is 12.4. The van der Waals surface area contributed by atoms with Gasteiger partial charge in [0.05, 0.1) is 0 Å². The highest BCUT2D eigenvalue weighted by atomic mass is 14.9. The summed E-state index contributed by atoms with van der Waals surface area (Å²) in [5.74, 6) is 0. The van der Waals surface area contributed by atoms with Crippen molar-refractivity contribution in [2.24, 2.45) is 7.05 Å². The van der Waals surface area contributed by atoms with E-state index < -0.39 is 0 Å². The molecule has 1 nitrogen and oxygen atoms in total. The van der Waals surface area contributed by atoms with Gasteiger partial charge in [0, 0.05) is 17.7 Å². The zero-order valence-corrected chi connectivity index (χ0v) is 11.1. The number of rotatable bonds is 2. The van der Waals surface area contributed by atoms with Crippen LogP contribution < -0.4 is 4.57 Å². The predicted octanol–water partition coefficient (Wildman–Crippen LogP) is 3.36. The first kappa shape index (κ1) is 11.8. The summed E-state index contributed by atoms with van der Waals surface area (Å²) in [7, 11) is 2.10. The van der Waals surface area contributed by atoms with Crippen molar-refractivity contribution >= 4 is 0 Å². The van der Waals surface area contributed by atoms with Crippen molar-refractivity contribution in [1.29, 1.82) is 0 Å². The van der Waals surface area contributed by atoms with E-state index in [4.69, 9.17) is 0 Å². The van der Waals surface area contributed by atoms with Gasteiger partial charge in [-0.25, -0.2) is 4.57 Å². The monoisotopic (exact) mass is 226 g/mol. The number of hydrogen-bond donors (Lipinski definition) is 0. The van der Waals surface area contributed by atoms with Crippen LogP contribution in [0.5, 0.6) is 0 Å². The van der Waals surface area contributed by atoms with Gasteiger partial charge in [0.1, 0.15) is 7.05 Å². The standard InChI is InChI=1S/C16H20N/c1-5-14-6-7-15(13(3)11-14)16-10-12(2)8-9-17(16)4/h6-11H,5H2,1-4H3/q+1. The first-order chi connectivity index (χ1) is 8.11. The van der Waals surface area contributed by atoms with Gasteiger partial charge in [-0.2, -0.15) is 0 Å². The Hall–Kier alpha value is -1.63. The van der Waals surface area contributed by atoms with E-state index in [-0.39, 0.29) is 0 Å². The largest absolute Gasteiger partial charge is 0.212 e. The average molecular weight is 226 g/mol. The summed E-state index contributed by atoms with van der Waals surface area (Å²) in [4.78, 5) is 0. The molecule has 0 N–H and O–H groups in total. The Labute approximate surface area is 104 Å². The number of nitrogens with zero attached hydrogens (tertiary/aromatic N) is 1. The second-order valence-corrected chi connectivity index (χ2v) is 4.70. The minimum atomic E-state index is 1.10. The second-order valence-electron chi connectivity index (χ2n) is 4.70. The Balaban J connectivity index is 2.56. The van der Waals surface area contributed by atoms with E-state index in [1.165, 1.54) is 27.9 Å². The second kappa shape index (κ2) is 4.70. The highest BCUT2D eigenvalue weighted by molar-refractivity contribution is 5.62. The Morgan fingerprint density at radius 3 is 2.47 bits per heavy atom. The van der Waals surface area contributed by atoms with Gasteiger partial charge in [-0.1, -0.05) is 19.1 Å². The fraction of sp³-hybridized carbons (Fsp3) is 0.312. The maximum Gasteiger partial charge on any atom is 0.212 e. The molecule has 1 aromatic heterocycles. The SMILES string of the molecule is CCc1ccc(-c2cc(C)cc[n+]2C)c(C)c1. The van der Waals surface area contributed by atoms with Crippen LogP contribution in [0.25, 0.3) is 11.3 Å². The molecule has 0 aliphatic heterocycles. The molecule has 1 aromatic carbocycles. The summed E-state index contributed by atoms with van der Waals surface area (Å²) in [5, 5.41) is 0. The number of hydrogen-bond acceptors (Lipinski definition) is 0. The molecular formula is C16H20N+. The van der Waals surface area contributed by atoms with Crippen molar-refractivity contribution in [3.05, 3.63) is 53.2 Å². The maximum atomic E-state index is 2.29.